The lowest BCUT2D eigenvalue weighted by molar-refractivity contribution is -0.142. The van der Waals surface area contributed by atoms with Gasteiger partial charge < -0.3 is 15.0 Å². The zero-order valence-electron chi connectivity index (χ0n) is 18.3. The van der Waals surface area contributed by atoms with Crippen molar-refractivity contribution < 1.29 is 14.3 Å². The van der Waals surface area contributed by atoms with Crippen molar-refractivity contribution in [2.75, 3.05) is 13.7 Å². The fourth-order valence-electron chi connectivity index (χ4n) is 3.49. The predicted octanol–water partition coefficient (Wildman–Crippen LogP) is 4.36. The number of carbonyl (C=O) groups is 2. The molecule has 0 radical (unpaired) electrons. The maximum absolute atomic E-state index is 13.3. The van der Waals surface area contributed by atoms with Crippen LogP contribution >= 0.6 is 22.6 Å². The van der Waals surface area contributed by atoms with Crippen molar-refractivity contribution in [3.05, 3.63) is 99.1 Å². The first-order chi connectivity index (χ1) is 15.5. The number of amides is 2. The molecule has 0 bridgehead atoms. The number of hydrogen-bond donors (Lipinski definition) is 1. The molecular formula is C26H27IN2O3. The zero-order valence-corrected chi connectivity index (χ0v) is 20.4. The molecule has 3 rings (SSSR count). The molecular weight excluding hydrogens is 515 g/mol. The maximum atomic E-state index is 13.3. The van der Waals surface area contributed by atoms with Gasteiger partial charge in [-0.3, -0.25) is 9.59 Å². The van der Waals surface area contributed by atoms with E-state index in [9.17, 15) is 9.59 Å². The molecule has 0 aromatic heterocycles. The van der Waals surface area contributed by atoms with Gasteiger partial charge in [-0.15, -0.1) is 0 Å². The number of benzene rings is 3. The summed E-state index contributed by atoms with van der Waals surface area (Å²) in [4.78, 5) is 27.8. The topological polar surface area (TPSA) is 58.6 Å². The molecule has 0 aliphatic rings. The van der Waals surface area contributed by atoms with Crippen LogP contribution in [0.4, 0.5) is 0 Å². The van der Waals surface area contributed by atoms with Crippen LogP contribution in [-0.4, -0.2) is 36.4 Å². The molecule has 0 fully saturated rings. The van der Waals surface area contributed by atoms with E-state index in [1.165, 1.54) is 0 Å². The van der Waals surface area contributed by atoms with Crippen LogP contribution in [0.15, 0.2) is 78.9 Å². The molecule has 0 unspecified atom stereocenters. The van der Waals surface area contributed by atoms with E-state index in [0.29, 0.717) is 18.7 Å². The number of carbonyl (C=O) groups excluding carboxylic acids is 2. The summed E-state index contributed by atoms with van der Waals surface area (Å²) in [5.74, 6) is 0.174. The summed E-state index contributed by atoms with van der Waals surface area (Å²) < 4.78 is 6.84. The second-order valence-corrected chi connectivity index (χ2v) is 8.82. The van der Waals surface area contributed by atoms with Gasteiger partial charge in [0.15, 0.2) is 6.61 Å². The van der Waals surface area contributed by atoms with Gasteiger partial charge in [0, 0.05) is 23.6 Å². The van der Waals surface area contributed by atoms with Crippen molar-refractivity contribution in [2.24, 2.45) is 0 Å². The molecule has 5 nitrogen and oxygen atoms in total. The maximum Gasteiger partial charge on any atom is 0.261 e. The van der Waals surface area contributed by atoms with Crippen LogP contribution in [0.1, 0.15) is 16.7 Å². The highest BCUT2D eigenvalue weighted by molar-refractivity contribution is 14.1. The molecule has 2 amide bonds. The van der Waals surface area contributed by atoms with Crippen LogP contribution < -0.4 is 10.1 Å². The molecule has 0 saturated carbocycles. The van der Waals surface area contributed by atoms with Crippen molar-refractivity contribution in [1.29, 1.82) is 0 Å². The fraction of sp³-hybridized carbons (Fsp3) is 0.231. The van der Waals surface area contributed by atoms with E-state index in [4.69, 9.17) is 4.74 Å². The first kappa shape index (κ1) is 23.8. The van der Waals surface area contributed by atoms with E-state index in [2.05, 4.69) is 27.9 Å². The van der Waals surface area contributed by atoms with Gasteiger partial charge in [-0.05, 0) is 64.9 Å². The summed E-state index contributed by atoms with van der Waals surface area (Å²) in [6.07, 6.45) is 0.418. The van der Waals surface area contributed by atoms with Gasteiger partial charge in [0.05, 0.1) is 0 Å². The van der Waals surface area contributed by atoms with E-state index >= 15 is 0 Å². The average molecular weight is 542 g/mol. The number of rotatable bonds is 9. The third kappa shape index (κ3) is 6.82. The lowest BCUT2D eigenvalue weighted by atomic mass is 10.0. The highest BCUT2D eigenvalue weighted by Gasteiger charge is 2.30. The van der Waals surface area contributed by atoms with Gasteiger partial charge in [0.2, 0.25) is 5.91 Å². The molecule has 166 valence electrons. The zero-order chi connectivity index (χ0) is 22.9. The standard InChI is InChI=1S/C26H27IN2O3/c1-19-7-6-10-21(15-19)17-29(25(30)18-32-23-13-11-22(27)12-14-23)24(26(31)28-2)16-20-8-4-3-5-9-20/h3-15,24H,16-18H2,1-2H3,(H,28,31)/t24-/m0/s1. The van der Waals surface area contributed by atoms with E-state index in [1.807, 2.05) is 85.8 Å². The van der Waals surface area contributed by atoms with E-state index in [-0.39, 0.29) is 18.4 Å². The van der Waals surface area contributed by atoms with Crippen molar-refractivity contribution in [1.82, 2.24) is 10.2 Å². The Hall–Kier alpha value is -2.87. The Bertz CT molecular complexity index is 1040. The van der Waals surface area contributed by atoms with E-state index in [0.717, 1.165) is 20.3 Å². The Morgan fingerprint density at radius 3 is 2.31 bits per heavy atom. The Morgan fingerprint density at radius 1 is 0.969 bits per heavy atom. The normalized spacial score (nSPS) is 11.5. The molecule has 0 aliphatic carbocycles. The molecule has 1 atom stereocenters. The molecule has 0 spiro atoms. The minimum atomic E-state index is -0.657. The van der Waals surface area contributed by atoms with Crippen LogP contribution in [0.25, 0.3) is 0 Å². The first-order valence-corrected chi connectivity index (χ1v) is 11.5. The summed E-state index contributed by atoms with van der Waals surface area (Å²) in [6.45, 7) is 2.19. The third-order valence-electron chi connectivity index (χ3n) is 5.13. The highest BCUT2D eigenvalue weighted by Crippen LogP contribution is 2.17. The number of hydrogen-bond acceptors (Lipinski definition) is 3. The number of likely N-dealkylation sites (N-methyl/N-ethyl adjacent to an activating group) is 1. The van der Waals surface area contributed by atoms with Gasteiger partial charge >= 0.3 is 0 Å². The van der Waals surface area contributed by atoms with Crippen molar-refractivity contribution in [2.45, 2.75) is 25.9 Å². The number of ether oxygens (including phenoxy) is 1. The third-order valence-corrected chi connectivity index (χ3v) is 5.85. The van der Waals surface area contributed by atoms with Gasteiger partial charge in [0.1, 0.15) is 11.8 Å². The molecule has 32 heavy (non-hydrogen) atoms. The lowest BCUT2D eigenvalue weighted by Gasteiger charge is -2.31. The Labute approximate surface area is 202 Å². The number of nitrogens with one attached hydrogen (secondary N) is 1. The first-order valence-electron chi connectivity index (χ1n) is 10.4. The lowest BCUT2D eigenvalue weighted by Crippen LogP contribution is -2.51. The van der Waals surface area contributed by atoms with Crippen LogP contribution in [0, 0.1) is 10.5 Å². The van der Waals surface area contributed by atoms with Gasteiger partial charge in [-0.1, -0.05) is 60.2 Å². The summed E-state index contributed by atoms with van der Waals surface area (Å²) in [5.41, 5.74) is 3.06. The predicted molar refractivity (Wildman–Crippen MR) is 134 cm³/mol. The quantitative estimate of drug-likeness (QED) is 0.409. The Morgan fingerprint density at radius 2 is 1.66 bits per heavy atom. The second-order valence-electron chi connectivity index (χ2n) is 7.57. The van der Waals surface area contributed by atoms with Gasteiger partial charge in [-0.25, -0.2) is 0 Å². The Kier molecular flexibility index (Phi) is 8.67. The molecule has 3 aromatic carbocycles. The smallest absolute Gasteiger partial charge is 0.261 e. The Balaban J connectivity index is 1.86. The van der Waals surface area contributed by atoms with Gasteiger partial charge in [0.25, 0.3) is 5.91 Å². The van der Waals surface area contributed by atoms with Crippen LogP contribution in [0.2, 0.25) is 0 Å². The summed E-state index contributed by atoms with van der Waals surface area (Å²) in [6, 6.07) is 24.6. The fourth-order valence-corrected chi connectivity index (χ4v) is 3.85. The monoisotopic (exact) mass is 542 g/mol. The molecule has 3 aromatic rings. The molecule has 0 heterocycles. The molecule has 0 saturated heterocycles. The number of aryl methyl sites for hydroxylation is 1. The van der Waals surface area contributed by atoms with Crippen molar-refractivity contribution >= 4 is 34.4 Å². The minimum Gasteiger partial charge on any atom is -0.484 e. The molecule has 6 heteroatoms. The van der Waals surface area contributed by atoms with E-state index in [1.54, 1.807) is 11.9 Å². The summed E-state index contributed by atoms with van der Waals surface area (Å²) in [7, 11) is 1.59. The molecule has 0 aliphatic heterocycles. The van der Waals surface area contributed by atoms with Crippen LogP contribution in [0.3, 0.4) is 0 Å². The number of nitrogens with zero attached hydrogens (tertiary/aromatic N) is 1. The number of halogens is 1. The van der Waals surface area contributed by atoms with Crippen molar-refractivity contribution in [3.63, 3.8) is 0 Å². The van der Waals surface area contributed by atoms with Crippen LogP contribution in [-0.2, 0) is 22.6 Å². The van der Waals surface area contributed by atoms with E-state index < -0.39 is 6.04 Å². The molecule has 1 N–H and O–H groups in total. The summed E-state index contributed by atoms with van der Waals surface area (Å²) >= 11 is 2.22. The minimum absolute atomic E-state index is 0.144. The largest absolute Gasteiger partial charge is 0.484 e. The SMILES string of the molecule is CNC(=O)[C@H](Cc1ccccc1)N(Cc1cccc(C)c1)C(=O)COc1ccc(I)cc1. The average Bonchev–Trinajstić information content (AvgIpc) is 2.81. The van der Waals surface area contributed by atoms with Crippen LogP contribution in [0.5, 0.6) is 5.75 Å². The summed E-state index contributed by atoms with van der Waals surface area (Å²) in [5, 5.41) is 2.72. The van der Waals surface area contributed by atoms with Gasteiger partial charge in [-0.2, -0.15) is 0 Å². The van der Waals surface area contributed by atoms with Crippen molar-refractivity contribution in [3.8, 4) is 5.75 Å². The highest BCUT2D eigenvalue weighted by atomic mass is 127. The second kappa shape index (κ2) is 11.7.